The predicted molar refractivity (Wildman–Crippen MR) is 191 cm³/mol. The molecule has 4 aromatic rings. The fourth-order valence-electron chi connectivity index (χ4n) is 4.32. The van der Waals surface area contributed by atoms with Gasteiger partial charge >= 0.3 is 0 Å². The molecule has 2 saturated heterocycles. The molecule has 2 aliphatic rings. The molecule has 0 spiro atoms. The lowest BCUT2D eigenvalue weighted by atomic mass is 10.3. The summed E-state index contributed by atoms with van der Waals surface area (Å²) in [6.07, 6.45) is 6.48. The Bertz CT molecular complexity index is 1370. The van der Waals surface area contributed by atoms with E-state index in [9.17, 15) is 0 Å². The summed E-state index contributed by atoms with van der Waals surface area (Å²) in [7, 11) is 0. The summed E-state index contributed by atoms with van der Waals surface area (Å²) in [5.41, 5.74) is 0. The third-order valence-corrected chi connectivity index (χ3v) is 7.67. The standard InChI is InChI=1S/C15H18BrN5O.C9H7BrN4.C6H12ClNO.ClH/c16-13-2-1-3-15(19-13)21(14-4-5-17-12-18-14)7-6-20-8-10-22-11-9-20;10-7-2-1-3-9(13-7)14-8-4-5-11-6-12-8;7-1-2-8-3-5-9-6-4-8;/h1-5,12H,6-11H2;1-6H,(H,11,12,13,14);1-6H2;1H. The monoisotopic (exact) mass is 798 g/mol. The first kappa shape index (κ1) is 37.9. The maximum absolute atomic E-state index is 5.55. The van der Waals surface area contributed by atoms with Gasteiger partial charge in [0.2, 0.25) is 0 Å². The van der Waals surface area contributed by atoms with Crippen molar-refractivity contribution in [3.8, 4) is 0 Å². The molecule has 1 N–H and O–H groups in total. The number of halogens is 4. The molecule has 4 aromatic heterocycles. The highest BCUT2D eigenvalue weighted by Crippen LogP contribution is 2.22. The lowest BCUT2D eigenvalue weighted by molar-refractivity contribution is 0.0394. The number of ether oxygens (including phenoxy) is 2. The molecule has 2 aliphatic heterocycles. The van der Waals surface area contributed by atoms with E-state index < -0.39 is 0 Å². The topological polar surface area (TPSA) is 118 Å². The second-order valence-electron chi connectivity index (χ2n) is 9.70. The molecule has 0 unspecified atom stereocenters. The lowest BCUT2D eigenvalue weighted by Crippen LogP contribution is -2.40. The van der Waals surface area contributed by atoms with E-state index in [1.807, 2.05) is 42.5 Å². The van der Waals surface area contributed by atoms with Gasteiger partial charge in [-0.1, -0.05) is 12.1 Å². The molecular formula is C30H38Br2Cl2N10O2. The van der Waals surface area contributed by atoms with Gasteiger partial charge in [0.05, 0.1) is 26.4 Å². The Morgan fingerprint density at radius 2 is 1.33 bits per heavy atom. The maximum Gasteiger partial charge on any atom is 0.137 e. The number of pyridine rings is 2. The number of anilines is 4. The van der Waals surface area contributed by atoms with Crippen molar-refractivity contribution in [2.45, 2.75) is 0 Å². The summed E-state index contributed by atoms with van der Waals surface area (Å²) in [6, 6.07) is 15.2. The van der Waals surface area contributed by atoms with Crippen LogP contribution < -0.4 is 10.2 Å². The van der Waals surface area contributed by atoms with Crippen molar-refractivity contribution in [1.82, 2.24) is 39.7 Å². The Kier molecular flexibility index (Phi) is 18.2. The molecule has 0 atom stereocenters. The molecule has 0 aliphatic carbocycles. The zero-order valence-corrected chi connectivity index (χ0v) is 30.0. The molecule has 6 heterocycles. The second kappa shape index (κ2) is 22.1. The van der Waals surface area contributed by atoms with Gasteiger partial charge in [-0.15, -0.1) is 24.0 Å². The van der Waals surface area contributed by atoms with Gasteiger partial charge in [0, 0.05) is 64.1 Å². The van der Waals surface area contributed by atoms with E-state index in [4.69, 9.17) is 21.1 Å². The van der Waals surface area contributed by atoms with Crippen molar-refractivity contribution in [2.75, 3.05) is 88.3 Å². The number of hydrogen-bond acceptors (Lipinski definition) is 12. The Morgan fingerprint density at radius 3 is 1.89 bits per heavy atom. The minimum absolute atomic E-state index is 0. The number of rotatable bonds is 9. The van der Waals surface area contributed by atoms with Crippen LogP contribution >= 0.6 is 55.9 Å². The molecule has 12 nitrogen and oxygen atoms in total. The van der Waals surface area contributed by atoms with Gasteiger partial charge in [0.15, 0.2) is 0 Å². The Balaban J connectivity index is 0.000000205. The fraction of sp³-hybridized carbons (Fsp3) is 0.400. The van der Waals surface area contributed by atoms with Crippen molar-refractivity contribution in [3.63, 3.8) is 0 Å². The molecular weight excluding hydrogens is 763 g/mol. The van der Waals surface area contributed by atoms with Gasteiger partial charge in [-0.3, -0.25) is 9.80 Å². The van der Waals surface area contributed by atoms with Crippen LogP contribution in [0.3, 0.4) is 0 Å². The largest absolute Gasteiger partial charge is 0.379 e. The van der Waals surface area contributed by atoms with E-state index in [1.54, 1.807) is 24.8 Å². The normalized spacial score (nSPS) is 14.8. The molecule has 6 rings (SSSR count). The number of nitrogens with zero attached hydrogens (tertiary/aromatic N) is 9. The highest BCUT2D eigenvalue weighted by molar-refractivity contribution is 9.10. The quantitative estimate of drug-likeness (QED) is 0.171. The van der Waals surface area contributed by atoms with Crippen molar-refractivity contribution in [3.05, 3.63) is 82.8 Å². The fourth-order valence-corrected chi connectivity index (χ4v) is 5.24. The van der Waals surface area contributed by atoms with Crippen LogP contribution in [0.1, 0.15) is 0 Å². The molecule has 2 fully saturated rings. The molecule has 248 valence electrons. The van der Waals surface area contributed by atoms with Crippen LogP contribution in [0.5, 0.6) is 0 Å². The van der Waals surface area contributed by atoms with Crippen LogP contribution in [-0.4, -0.2) is 118 Å². The number of hydrogen-bond donors (Lipinski definition) is 1. The first-order chi connectivity index (χ1) is 22.1. The van der Waals surface area contributed by atoms with Crippen LogP contribution in [0.15, 0.2) is 82.8 Å². The highest BCUT2D eigenvalue weighted by atomic mass is 79.9. The minimum atomic E-state index is 0. The van der Waals surface area contributed by atoms with E-state index in [1.165, 1.54) is 6.33 Å². The van der Waals surface area contributed by atoms with Gasteiger partial charge in [-0.2, -0.15) is 0 Å². The molecule has 0 aromatic carbocycles. The average Bonchev–Trinajstić information content (AvgIpc) is 3.08. The van der Waals surface area contributed by atoms with Crippen molar-refractivity contribution in [1.29, 1.82) is 0 Å². The number of morpholine rings is 2. The average molecular weight is 801 g/mol. The van der Waals surface area contributed by atoms with Gasteiger partial charge in [-0.05, 0) is 68.3 Å². The van der Waals surface area contributed by atoms with Gasteiger partial charge in [0.25, 0.3) is 0 Å². The first-order valence-corrected chi connectivity index (χ1v) is 16.7. The van der Waals surface area contributed by atoms with Crippen LogP contribution in [0, 0.1) is 0 Å². The summed E-state index contributed by atoms with van der Waals surface area (Å²) in [5, 5.41) is 3.05. The summed E-state index contributed by atoms with van der Waals surface area (Å²) in [5.74, 6) is 3.94. The lowest BCUT2D eigenvalue weighted by Gasteiger charge is -2.30. The summed E-state index contributed by atoms with van der Waals surface area (Å²) in [6.45, 7) is 10.2. The van der Waals surface area contributed by atoms with Gasteiger partial charge in [0.1, 0.15) is 45.1 Å². The van der Waals surface area contributed by atoms with Crippen LogP contribution in [0.4, 0.5) is 23.3 Å². The number of nitrogens with one attached hydrogen (secondary N) is 1. The summed E-state index contributed by atoms with van der Waals surface area (Å²) < 4.78 is 12.2. The molecule has 16 heteroatoms. The van der Waals surface area contributed by atoms with E-state index in [2.05, 4.69) is 81.8 Å². The van der Waals surface area contributed by atoms with E-state index in [0.29, 0.717) is 0 Å². The van der Waals surface area contributed by atoms with Crippen molar-refractivity contribution in [2.24, 2.45) is 0 Å². The zero-order valence-electron chi connectivity index (χ0n) is 25.3. The third-order valence-electron chi connectivity index (χ3n) is 6.62. The van der Waals surface area contributed by atoms with Gasteiger partial charge in [-0.25, -0.2) is 29.9 Å². The zero-order chi connectivity index (χ0) is 31.5. The van der Waals surface area contributed by atoms with Crippen LogP contribution in [-0.2, 0) is 9.47 Å². The molecule has 0 amide bonds. The van der Waals surface area contributed by atoms with E-state index in [-0.39, 0.29) is 12.4 Å². The minimum Gasteiger partial charge on any atom is -0.379 e. The smallest absolute Gasteiger partial charge is 0.137 e. The van der Waals surface area contributed by atoms with Crippen LogP contribution in [0.25, 0.3) is 0 Å². The number of alkyl halides is 1. The SMILES string of the molecule is Brc1cccc(N(CCN2CCOCC2)c2ccncn2)n1.Brc1cccc(Nc2ccncn2)n1.Cl.ClCCN1CCOCC1. The predicted octanol–water partition coefficient (Wildman–Crippen LogP) is 5.46. The Labute approximate surface area is 298 Å². The van der Waals surface area contributed by atoms with Crippen LogP contribution in [0.2, 0.25) is 0 Å². The first-order valence-electron chi connectivity index (χ1n) is 14.6. The molecule has 0 radical (unpaired) electrons. The summed E-state index contributed by atoms with van der Waals surface area (Å²) >= 11 is 12.3. The summed E-state index contributed by atoms with van der Waals surface area (Å²) in [4.78, 5) is 31.8. The van der Waals surface area contributed by atoms with Crippen molar-refractivity contribution < 1.29 is 9.47 Å². The van der Waals surface area contributed by atoms with E-state index >= 15 is 0 Å². The molecule has 0 saturated carbocycles. The second-order valence-corrected chi connectivity index (χ2v) is 11.7. The van der Waals surface area contributed by atoms with Gasteiger partial charge < -0.3 is 19.7 Å². The Morgan fingerprint density at radius 1 is 0.717 bits per heavy atom. The molecule has 46 heavy (non-hydrogen) atoms. The van der Waals surface area contributed by atoms with E-state index in [0.717, 1.165) is 111 Å². The number of aromatic nitrogens is 6. The Hall–Kier alpha value is -2.56. The maximum atomic E-state index is 5.55. The van der Waals surface area contributed by atoms with Crippen molar-refractivity contribution >= 4 is 79.1 Å². The molecule has 0 bridgehead atoms. The highest BCUT2D eigenvalue weighted by Gasteiger charge is 2.16. The third kappa shape index (κ3) is 14.1.